The van der Waals surface area contributed by atoms with Crippen molar-refractivity contribution in [2.24, 2.45) is 0 Å². The number of para-hydroxylation sites is 1. The Hall–Kier alpha value is -7.98. The minimum Gasteiger partial charge on any atom is -0.309 e. The average Bonchev–Trinajstić information content (AvgIpc) is 4.01. The van der Waals surface area contributed by atoms with Gasteiger partial charge in [0.15, 0.2) is 0 Å². The molecular formula is C60H38N2S. The molecule has 0 saturated heterocycles. The topological polar surface area (TPSA) is 9.86 Å². The van der Waals surface area contributed by atoms with E-state index in [2.05, 4.69) is 240 Å². The molecule has 0 fully saturated rings. The Balaban J connectivity index is 1.02. The van der Waals surface area contributed by atoms with Gasteiger partial charge in [0, 0.05) is 53.1 Å². The number of aromatic nitrogens is 2. The summed E-state index contributed by atoms with van der Waals surface area (Å²) in [7, 11) is 0. The molecule has 3 heterocycles. The summed E-state index contributed by atoms with van der Waals surface area (Å²) in [6, 6.07) is 84.8. The van der Waals surface area contributed by atoms with Gasteiger partial charge in [0.1, 0.15) is 0 Å². The summed E-state index contributed by atoms with van der Waals surface area (Å²) in [4.78, 5) is 0. The molecule has 0 amide bonds. The fraction of sp³-hybridized carbons (Fsp3) is 0. The van der Waals surface area contributed by atoms with Crippen molar-refractivity contribution in [2.45, 2.75) is 0 Å². The van der Waals surface area contributed by atoms with Gasteiger partial charge < -0.3 is 9.13 Å². The Labute approximate surface area is 368 Å². The van der Waals surface area contributed by atoms with Crippen LogP contribution in [0.4, 0.5) is 0 Å². The number of nitrogens with zero attached hydrogens (tertiary/aromatic N) is 2. The fourth-order valence-electron chi connectivity index (χ4n) is 10.0. The van der Waals surface area contributed by atoms with Crippen LogP contribution in [0.1, 0.15) is 0 Å². The molecule has 0 unspecified atom stereocenters. The molecule has 3 heteroatoms. The number of hydrogen-bond acceptors (Lipinski definition) is 1. The number of rotatable bonds is 6. The van der Waals surface area contributed by atoms with E-state index in [1.807, 2.05) is 11.3 Å². The van der Waals surface area contributed by atoms with Crippen molar-refractivity contribution in [3.63, 3.8) is 0 Å². The number of fused-ring (bicyclic) bond motifs is 9. The highest BCUT2D eigenvalue weighted by atomic mass is 32.1. The monoisotopic (exact) mass is 818 g/mol. The van der Waals surface area contributed by atoms with Crippen LogP contribution < -0.4 is 0 Å². The second-order valence-corrected chi connectivity index (χ2v) is 17.6. The van der Waals surface area contributed by atoms with E-state index in [1.54, 1.807) is 0 Å². The molecule has 63 heavy (non-hydrogen) atoms. The van der Waals surface area contributed by atoms with Gasteiger partial charge in [-0.05, 0) is 123 Å². The first kappa shape index (κ1) is 35.7. The van der Waals surface area contributed by atoms with Crippen LogP contribution in [-0.2, 0) is 0 Å². The van der Waals surface area contributed by atoms with Gasteiger partial charge >= 0.3 is 0 Å². The van der Waals surface area contributed by atoms with Gasteiger partial charge in [-0.3, -0.25) is 0 Å². The highest BCUT2D eigenvalue weighted by Gasteiger charge is 2.20. The lowest BCUT2D eigenvalue weighted by atomic mass is 9.95. The van der Waals surface area contributed by atoms with Gasteiger partial charge in [0.05, 0.1) is 22.1 Å². The first-order valence-electron chi connectivity index (χ1n) is 21.6. The van der Waals surface area contributed by atoms with Gasteiger partial charge in [0.2, 0.25) is 0 Å². The molecular weight excluding hydrogens is 781 g/mol. The van der Waals surface area contributed by atoms with Crippen LogP contribution in [0.2, 0.25) is 0 Å². The molecule has 13 rings (SSSR count). The molecule has 10 aromatic carbocycles. The van der Waals surface area contributed by atoms with Gasteiger partial charge in [-0.2, -0.15) is 0 Å². The maximum atomic E-state index is 2.45. The Morgan fingerprint density at radius 1 is 0.254 bits per heavy atom. The normalized spacial score (nSPS) is 11.8. The van der Waals surface area contributed by atoms with E-state index in [1.165, 1.54) is 114 Å². The molecule has 0 aliphatic carbocycles. The Kier molecular flexibility index (Phi) is 8.12. The van der Waals surface area contributed by atoms with E-state index in [9.17, 15) is 0 Å². The molecule has 0 aliphatic rings. The molecule has 2 nitrogen and oxygen atoms in total. The summed E-state index contributed by atoms with van der Waals surface area (Å²) in [5.74, 6) is 0. The summed E-state index contributed by atoms with van der Waals surface area (Å²) in [6.07, 6.45) is 0. The number of hydrogen-bond donors (Lipinski definition) is 0. The van der Waals surface area contributed by atoms with Gasteiger partial charge in [-0.1, -0.05) is 152 Å². The summed E-state index contributed by atoms with van der Waals surface area (Å²) in [5.41, 5.74) is 16.7. The van der Waals surface area contributed by atoms with Crippen molar-refractivity contribution in [2.75, 3.05) is 0 Å². The largest absolute Gasteiger partial charge is 0.309 e. The van der Waals surface area contributed by atoms with E-state index in [0.29, 0.717) is 0 Å². The quantitative estimate of drug-likeness (QED) is 0.158. The smallest absolute Gasteiger partial charge is 0.0547 e. The molecule has 0 aliphatic heterocycles. The van der Waals surface area contributed by atoms with E-state index < -0.39 is 0 Å². The second kappa shape index (κ2) is 14.3. The standard InChI is InChI=1S/C60H38N2S/c1-3-14-39(15-4-1)41-18-11-20-45(34-41)48-24-13-26-57-60(48)53-37-44(29-32-56(53)62(57)46-21-12-19-42(35-46)40-16-5-2-6-17-40)43-28-31-55-51(36-43)49-22-7-9-25-54(49)61(55)47-30-33-59-52(38-47)50-23-8-10-27-58(50)63-59/h1-38H. The lowest BCUT2D eigenvalue weighted by Crippen LogP contribution is -1.94. The highest BCUT2D eigenvalue weighted by molar-refractivity contribution is 7.25. The third kappa shape index (κ3) is 5.78. The van der Waals surface area contributed by atoms with Gasteiger partial charge in [0.25, 0.3) is 0 Å². The van der Waals surface area contributed by atoms with Crippen molar-refractivity contribution in [3.8, 4) is 55.9 Å². The fourth-order valence-corrected chi connectivity index (χ4v) is 11.1. The second-order valence-electron chi connectivity index (χ2n) is 16.5. The molecule has 0 N–H and O–H groups in total. The molecule has 294 valence electrons. The summed E-state index contributed by atoms with van der Waals surface area (Å²) in [5, 5.41) is 7.60. The van der Waals surface area contributed by atoms with Crippen molar-refractivity contribution in [1.82, 2.24) is 9.13 Å². The van der Waals surface area contributed by atoms with Crippen LogP contribution in [0.5, 0.6) is 0 Å². The zero-order valence-corrected chi connectivity index (χ0v) is 35.1. The van der Waals surface area contributed by atoms with Crippen LogP contribution >= 0.6 is 11.3 Å². The van der Waals surface area contributed by atoms with Gasteiger partial charge in [-0.25, -0.2) is 0 Å². The van der Waals surface area contributed by atoms with E-state index in [-0.39, 0.29) is 0 Å². The van der Waals surface area contributed by atoms with E-state index in [0.717, 1.165) is 5.69 Å². The van der Waals surface area contributed by atoms with Gasteiger partial charge in [-0.15, -0.1) is 11.3 Å². The minimum absolute atomic E-state index is 1.14. The summed E-state index contributed by atoms with van der Waals surface area (Å²) in [6.45, 7) is 0. The molecule has 0 spiro atoms. The summed E-state index contributed by atoms with van der Waals surface area (Å²) < 4.78 is 7.53. The molecule has 0 saturated carbocycles. The molecule has 0 bridgehead atoms. The lowest BCUT2D eigenvalue weighted by Gasteiger charge is -2.11. The molecule has 13 aromatic rings. The maximum Gasteiger partial charge on any atom is 0.0547 e. The predicted octanol–water partition coefficient (Wildman–Crippen LogP) is 16.9. The Bertz CT molecular complexity index is 3900. The maximum absolute atomic E-state index is 2.45. The average molecular weight is 819 g/mol. The molecule has 3 aromatic heterocycles. The molecule has 0 atom stereocenters. The zero-order chi connectivity index (χ0) is 41.4. The number of thiophene rings is 1. The predicted molar refractivity (Wildman–Crippen MR) is 270 cm³/mol. The minimum atomic E-state index is 1.14. The third-order valence-corrected chi connectivity index (χ3v) is 14.1. The SMILES string of the molecule is c1ccc(-c2cccc(-c3cccc4c3c3cc(-c5ccc6c(c5)c5ccccc5n6-c5ccc6sc7ccccc7c6c5)ccc3n4-c3cccc(-c4ccccc4)c3)c2)cc1. The zero-order valence-electron chi connectivity index (χ0n) is 34.2. The van der Waals surface area contributed by atoms with Crippen molar-refractivity contribution >= 4 is 75.1 Å². The van der Waals surface area contributed by atoms with Crippen LogP contribution in [0.15, 0.2) is 231 Å². The first-order chi connectivity index (χ1) is 31.2. The van der Waals surface area contributed by atoms with Crippen LogP contribution in [0, 0.1) is 0 Å². The van der Waals surface area contributed by atoms with E-state index in [4.69, 9.17) is 0 Å². The van der Waals surface area contributed by atoms with Crippen molar-refractivity contribution in [1.29, 1.82) is 0 Å². The van der Waals surface area contributed by atoms with Crippen LogP contribution in [0.25, 0.3) is 120 Å². The van der Waals surface area contributed by atoms with Crippen LogP contribution in [-0.4, -0.2) is 9.13 Å². The van der Waals surface area contributed by atoms with E-state index >= 15 is 0 Å². The van der Waals surface area contributed by atoms with Crippen molar-refractivity contribution < 1.29 is 0 Å². The lowest BCUT2D eigenvalue weighted by molar-refractivity contribution is 1.18. The Morgan fingerprint density at radius 2 is 0.778 bits per heavy atom. The highest BCUT2D eigenvalue weighted by Crippen LogP contribution is 2.43. The van der Waals surface area contributed by atoms with Crippen molar-refractivity contribution in [3.05, 3.63) is 231 Å². The summed E-state index contributed by atoms with van der Waals surface area (Å²) >= 11 is 1.86. The Morgan fingerprint density at radius 3 is 1.57 bits per heavy atom. The number of benzene rings is 10. The first-order valence-corrected chi connectivity index (χ1v) is 22.4. The third-order valence-electron chi connectivity index (χ3n) is 12.9. The molecule has 0 radical (unpaired) electrons. The van der Waals surface area contributed by atoms with Crippen LogP contribution in [0.3, 0.4) is 0 Å².